The highest BCUT2D eigenvalue weighted by Crippen LogP contribution is 2.03. The minimum absolute atomic E-state index is 0.630. The molecule has 15 heavy (non-hydrogen) atoms. The molecule has 2 rings (SSSR count). The van der Waals surface area contributed by atoms with Crippen molar-refractivity contribution < 1.29 is 4.79 Å². The van der Waals surface area contributed by atoms with Crippen LogP contribution in [-0.2, 0) is 13.6 Å². The van der Waals surface area contributed by atoms with Crippen LogP contribution in [-0.4, -0.2) is 25.6 Å². The molecule has 0 saturated heterocycles. The average Bonchev–Trinajstić information content (AvgIpc) is 2.80. The number of hydrogen-bond donors (Lipinski definition) is 0. The second-order valence-corrected chi connectivity index (χ2v) is 3.46. The molecule has 0 aliphatic rings. The van der Waals surface area contributed by atoms with Gasteiger partial charge in [-0.05, 0) is 13.0 Å². The molecule has 0 atom stereocenters. The van der Waals surface area contributed by atoms with Crippen molar-refractivity contribution in [3.05, 3.63) is 35.7 Å². The second kappa shape index (κ2) is 3.68. The third-order valence-corrected chi connectivity index (χ3v) is 2.42. The molecule has 5 nitrogen and oxygen atoms in total. The van der Waals surface area contributed by atoms with Crippen LogP contribution in [0.4, 0.5) is 0 Å². The predicted molar refractivity (Wildman–Crippen MR) is 54.7 cm³/mol. The molecule has 0 fully saturated rings. The Morgan fingerprint density at radius 1 is 1.47 bits per heavy atom. The first kappa shape index (κ1) is 9.64. The lowest BCUT2D eigenvalue weighted by Gasteiger charge is -2.02. The molecule has 5 heteroatoms. The number of hydrogen-bond acceptors (Lipinski definition) is 3. The van der Waals surface area contributed by atoms with Gasteiger partial charge >= 0.3 is 0 Å². The molecule has 2 aromatic heterocycles. The van der Waals surface area contributed by atoms with Gasteiger partial charge < -0.3 is 9.13 Å². The number of nitrogens with zero attached hydrogens (tertiary/aromatic N) is 4. The molecular formula is C10H12N4O. The zero-order valence-corrected chi connectivity index (χ0v) is 8.71. The Morgan fingerprint density at radius 2 is 2.27 bits per heavy atom. The van der Waals surface area contributed by atoms with Crippen molar-refractivity contribution >= 4 is 6.29 Å². The summed E-state index contributed by atoms with van der Waals surface area (Å²) in [4.78, 5) is 10.5. The van der Waals surface area contributed by atoms with Crippen LogP contribution >= 0.6 is 0 Å². The summed E-state index contributed by atoms with van der Waals surface area (Å²) in [6.07, 6.45) is 4.48. The smallest absolute Gasteiger partial charge is 0.152 e. The zero-order valence-electron chi connectivity index (χ0n) is 8.71. The number of aromatic nitrogens is 4. The molecule has 0 saturated carbocycles. The van der Waals surface area contributed by atoms with E-state index in [-0.39, 0.29) is 0 Å². The lowest BCUT2D eigenvalue weighted by molar-refractivity contribution is 0.112. The molecule has 2 aromatic rings. The molecule has 0 radical (unpaired) electrons. The molecule has 0 N–H and O–H groups in total. The summed E-state index contributed by atoms with van der Waals surface area (Å²) in [6.45, 7) is 2.54. The lowest BCUT2D eigenvalue weighted by Crippen LogP contribution is -2.05. The van der Waals surface area contributed by atoms with E-state index in [0.717, 1.165) is 17.9 Å². The molecule has 0 unspecified atom stereocenters. The number of carbonyl (C=O) groups excluding carboxylic acids is 1. The molecule has 0 aliphatic heterocycles. The Hall–Kier alpha value is -1.91. The average molecular weight is 204 g/mol. The van der Waals surface area contributed by atoms with E-state index in [4.69, 9.17) is 0 Å². The monoisotopic (exact) mass is 204 g/mol. The topological polar surface area (TPSA) is 52.7 Å². The highest BCUT2D eigenvalue weighted by atomic mass is 16.1. The predicted octanol–water partition coefficient (Wildman–Crippen LogP) is 0.786. The summed E-state index contributed by atoms with van der Waals surface area (Å²) in [5.41, 5.74) is 0.675. The van der Waals surface area contributed by atoms with E-state index in [1.165, 1.54) is 0 Å². The SMILES string of the molecule is Cc1nnc(Cn2ccc(C=O)c2)n1C. The van der Waals surface area contributed by atoms with Crippen molar-refractivity contribution in [3.8, 4) is 0 Å². The van der Waals surface area contributed by atoms with E-state index in [1.54, 1.807) is 12.3 Å². The highest BCUT2D eigenvalue weighted by Gasteiger charge is 2.05. The van der Waals surface area contributed by atoms with Gasteiger partial charge in [-0.2, -0.15) is 0 Å². The Kier molecular flexibility index (Phi) is 2.37. The van der Waals surface area contributed by atoms with Crippen LogP contribution in [0.15, 0.2) is 18.5 Å². The van der Waals surface area contributed by atoms with E-state index < -0.39 is 0 Å². The molecule has 0 aromatic carbocycles. The van der Waals surface area contributed by atoms with Gasteiger partial charge in [-0.3, -0.25) is 4.79 Å². The summed E-state index contributed by atoms with van der Waals surface area (Å²) in [5, 5.41) is 8.02. The number of aldehydes is 1. The maximum absolute atomic E-state index is 10.5. The third-order valence-electron chi connectivity index (χ3n) is 2.42. The normalized spacial score (nSPS) is 10.5. The zero-order chi connectivity index (χ0) is 10.8. The molecule has 2 heterocycles. The van der Waals surface area contributed by atoms with Gasteiger partial charge in [0.2, 0.25) is 0 Å². The van der Waals surface area contributed by atoms with Gasteiger partial charge in [-0.1, -0.05) is 0 Å². The van der Waals surface area contributed by atoms with Gasteiger partial charge in [0.25, 0.3) is 0 Å². The van der Waals surface area contributed by atoms with Gasteiger partial charge in [0.1, 0.15) is 5.82 Å². The van der Waals surface area contributed by atoms with Gasteiger partial charge in [0, 0.05) is 25.0 Å². The van der Waals surface area contributed by atoms with Crippen molar-refractivity contribution in [1.29, 1.82) is 0 Å². The summed E-state index contributed by atoms with van der Waals surface area (Å²) in [7, 11) is 1.93. The summed E-state index contributed by atoms with van der Waals surface area (Å²) >= 11 is 0. The Bertz CT molecular complexity index is 483. The first-order valence-corrected chi connectivity index (χ1v) is 4.66. The van der Waals surface area contributed by atoms with Crippen LogP contribution in [0.5, 0.6) is 0 Å². The maximum Gasteiger partial charge on any atom is 0.152 e. The van der Waals surface area contributed by atoms with Crippen LogP contribution in [0.2, 0.25) is 0 Å². The van der Waals surface area contributed by atoms with E-state index in [9.17, 15) is 4.79 Å². The van der Waals surface area contributed by atoms with Gasteiger partial charge in [-0.25, -0.2) is 0 Å². The molecular weight excluding hydrogens is 192 g/mol. The van der Waals surface area contributed by atoms with Crippen LogP contribution in [0.25, 0.3) is 0 Å². The van der Waals surface area contributed by atoms with Crippen LogP contribution in [0.3, 0.4) is 0 Å². The molecule has 78 valence electrons. The first-order valence-electron chi connectivity index (χ1n) is 4.66. The summed E-state index contributed by atoms with van der Waals surface area (Å²) in [5.74, 6) is 1.76. The van der Waals surface area contributed by atoms with Crippen molar-refractivity contribution in [2.45, 2.75) is 13.5 Å². The van der Waals surface area contributed by atoms with Crippen LogP contribution in [0, 0.1) is 6.92 Å². The quantitative estimate of drug-likeness (QED) is 0.694. The van der Waals surface area contributed by atoms with Gasteiger partial charge in [0.05, 0.1) is 6.54 Å². The Balaban J connectivity index is 2.21. The van der Waals surface area contributed by atoms with E-state index in [2.05, 4.69) is 10.2 Å². The minimum Gasteiger partial charge on any atom is -0.346 e. The number of rotatable bonds is 3. The Labute approximate surface area is 87.4 Å². The number of carbonyl (C=O) groups is 1. The minimum atomic E-state index is 0.630. The van der Waals surface area contributed by atoms with E-state index >= 15 is 0 Å². The van der Waals surface area contributed by atoms with Crippen molar-refractivity contribution in [1.82, 2.24) is 19.3 Å². The van der Waals surface area contributed by atoms with Gasteiger partial charge in [-0.15, -0.1) is 10.2 Å². The molecule has 0 spiro atoms. The standard InChI is InChI=1S/C10H12N4O/c1-8-11-12-10(13(8)2)6-14-4-3-9(5-14)7-15/h3-5,7H,6H2,1-2H3. The fraction of sp³-hybridized carbons (Fsp3) is 0.300. The van der Waals surface area contributed by atoms with Crippen molar-refractivity contribution in [2.75, 3.05) is 0 Å². The fourth-order valence-electron chi connectivity index (χ4n) is 1.38. The fourth-order valence-corrected chi connectivity index (χ4v) is 1.38. The van der Waals surface area contributed by atoms with E-state index in [0.29, 0.717) is 12.1 Å². The second-order valence-electron chi connectivity index (χ2n) is 3.46. The Morgan fingerprint density at radius 3 is 2.80 bits per heavy atom. The molecule has 0 bridgehead atoms. The lowest BCUT2D eigenvalue weighted by atomic mass is 10.4. The summed E-state index contributed by atoms with van der Waals surface area (Å²) < 4.78 is 3.84. The first-order chi connectivity index (χ1) is 7.20. The highest BCUT2D eigenvalue weighted by molar-refractivity contribution is 5.74. The number of aryl methyl sites for hydroxylation is 1. The maximum atomic E-state index is 10.5. The van der Waals surface area contributed by atoms with Crippen molar-refractivity contribution in [2.24, 2.45) is 7.05 Å². The molecule has 0 aliphatic carbocycles. The van der Waals surface area contributed by atoms with Gasteiger partial charge in [0.15, 0.2) is 12.1 Å². The van der Waals surface area contributed by atoms with Crippen molar-refractivity contribution in [3.63, 3.8) is 0 Å². The summed E-state index contributed by atoms with van der Waals surface area (Å²) in [6, 6.07) is 1.77. The van der Waals surface area contributed by atoms with Crippen LogP contribution in [0.1, 0.15) is 22.0 Å². The van der Waals surface area contributed by atoms with Crippen LogP contribution < -0.4 is 0 Å². The third kappa shape index (κ3) is 1.81. The van der Waals surface area contributed by atoms with E-state index in [1.807, 2.05) is 29.3 Å². The largest absolute Gasteiger partial charge is 0.346 e. The molecule has 0 amide bonds.